The van der Waals surface area contributed by atoms with Gasteiger partial charge in [0.15, 0.2) is 17.7 Å². The van der Waals surface area contributed by atoms with E-state index in [9.17, 15) is 36.3 Å². The van der Waals surface area contributed by atoms with E-state index in [0.29, 0.717) is 0 Å². The van der Waals surface area contributed by atoms with Gasteiger partial charge in [0.25, 0.3) is 5.91 Å². The third kappa shape index (κ3) is 5.06. The highest BCUT2D eigenvalue weighted by molar-refractivity contribution is 8.13. The summed E-state index contributed by atoms with van der Waals surface area (Å²) < 4.78 is 73.4. The Hall–Kier alpha value is -2.90. The number of hydrogen-bond acceptors (Lipinski definition) is 5. The Labute approximate surface area is 175 Å². The van der Waals surface area contributed by atoms with Crippen molar-refractivity contribution in [1.29, 1.82) is 0 Å². The van der Waals surface area contributed by atoms with Gasteiger partial charge in [-0.05, 0) is 11.8 Å². The predicted molar refractivity (Wildman–Crippen MR) is 103 cm³/mol. The lowest BCUT2D eigenvalue weighted by molar-refractivity contribution is -0.171. The highest BCUT2D eigenvalue weighted by Gasteiger charge is 2.39. The number of ether oxygens (including phenoxy) is 1. The average molecular weight is 468 g/mol. The number of rotatable bonds is 4. The molecule has 3 N–H and O–H groups in total. The van der Waals surface area contributed by atoms with E-state index in [4.69, 9.17) is 10.5 Å². The van der Waals surface area contributed by atoms with Crippen molar-refractivity contribution in [3.8, 4) is 0 Å². The summed E-state index contributed by atoms with van der Waals surface area (Å²) in [6.45, 7) is -0.278. The monoisotopic (exact) mass is 468 g/mol. The van der Waals surface area contributed by atoms with Crippen LogP contribution in [-0.2, 0) is 14.3 Å². The number of carbonyl (C=O) groups is 3. The molecule has 2 heterocycles. The Balaban J connectivity index is 1.78. The second-order valence-electron chi connectivity index (χ2n) is 6.67. The van der Waals surface area contributed by atoms with Crippen LogP contribution in [0.3, 0.4) is 0 Å². The summed E-state index contributed by atoms with van der Waals surface area (Å²) in [5.74, 6) is -4.82. The van der Waals surface area contributed by atoms with Crippen LogP contribution in [0.2, 0.25) is 0 Å². The number of nitrogens with two attached hydrogens (primary N) is 1. The van der Waals surface area contributed by atoms with E-state index < -0.39 is 58.2 Å². The second-order valence-corrected chi connectivity index (χ2v) is 8.47. The molecule has 1 saturated heterocycles. The molecule has 2 aliphatic rings. The van der Waals surface area contributed by atoms with Gasteiger partial charge in [0.2, 0.25) is 0 Å². The maximum absolute atomic E-state index is 14.7. The van der Waals surface area contributed by atoms with Crippen LogP contribution in [0.4, 0.5) is 38.1 Å². The summed E-state index contributed by atoms with van der Waals surface area (Å²) in [7, 11) is -1.21. The molecule has 14 heteroatoms. The van der Waals surface area contributed by atoms with Crippen molar-refractivity contribution in [2.75, 3.05) is 35.2 Å². The van der Waals surface area contributed by atoms with Crippen LogP contribution >= 0.6 is 10.7 Å². The van der Waals surface area contributed by atoms with Crippen molar-refractivity contribution >= 4 is 45.3 Å². The number of anilines is 2. The Morgan fingerprint density at radius 1 is 1.23 bits per heavy atom. The van der Waals surface area contributed by atoms with Gasteiger partial charge in [-0.3, -0.25) is 19.2 Å². The molecule has 1 aromatic carbocycles. The van der Waals surface area contributed by atoms with Crippen LogP contribution in [0.15, 0.2) is 12.1 Å². The third-order valence-corrected chi connectivity index (χ3v) is 6.26. The van der Waals surface area contributed by atoms with Crippen LogP contribution in [0.25, 0.3) is 0 Å². The average Bonchev–Trinajstić information content (AvgIpc) is 2.91. The normalized spacial score (nSPS) is 21.9. The molecule has 1 unspecified atom stereocenters. The number of cyclic esters (lactones) is 1. The van der Waals surface area contributed by atoms with Gasteiger partial charge in [-0.2, -0.15) is 13.2 Å². The molecule has 0 spiro atoms. The molecule has 0 aromatic heterocycles. The van der Waals surface area contributed by atoms with Gasteiger partial charge in [0, 0.05) is 31.0 Å². The Morgan fingerprint density at radius 3 is 2.42 bits per heavy atom. The fraction of sp³-hybridized carbons (Fsp3) is 0.412. The van der Waals surface area contributed by atoms with Crippen LogP contribution in [0, 0.1) is 11.6 Å². The van der Waals surface area contributed by atoms with Crippen LogP contribution < -0.4 is 20.3 Å². The highest BCUT2D eigenvalue weighted by Crippen LogP contribution is 2.32. The van der Waals surface area contributed by atoms with Crippen LogP contribution in [-0.4, -0.2) is 60.9 Å². The molecule has 0 saturated carbocycles. The maximum Gasteiger partial charge on any atom is 0.472 e. The molecule has 8 nitrogen and oxygen atoms in total. The number of nitrogens with zero attached hydrogens (tertiary/aromatic N) is 2. The standard InChI is InChI=1S/C17H17F5N4O4S/c18-10-6-9(26-8-12(14(23)27)30-16(26)29)7-11(19)13(10)25-2-1-4-31(5-3-25)24-15(28)17(20,21)22/h5-7,12H,1-4,8H2,(H2,23,27)(H,24,28)/t12-,31?/m1/s1. The highest BCUT2D eigenvalue weighted by atomic mass is 32.2. The zero-order valence-electron chi connectivity index (χ0n) is 15.7. The minimum absolute atomic E-state index is 0.107. The third-order valence-electron chi connectivity index (χ3n) is 4.53. The van der Waals surface area contributed by atoms with E-state index in [1.165, 1.54) is 10.3 Å². The summed E-state index contributed by atoms with van der Waals surface area (Å²) in [5, 5.41) is 1.36. The Morgan fingerprint density at radius 2 is 1.87 bits per heavy atom. The van der Waals surface area contributed by atoms with Gasteiger partial charge in [0.05, 0.1) is 12.2 Å². The van der Waals surface area contributed by atoms with E-state index in [0.717, 1.165) is 17.0 Å². The number of primary amides is 1. The minimum Gasteiger partial charge on any atom is -0.434 e. The molecule has 3 rings (SSSR count). The summed E-state index contributed by atoms with van der Waals surface area (Å²) in [6.07, 6.45) is -6.98. The van der Waals surface area contributed by atoms with Gasteiger partial charge >= 0.3 is 18.2 Å². The number of carbonyl (C=O) groups excluding carboxylic acids is 3. The van der Waals surface area contributed by atoms with Crippen LogP contribution in [0.5, 0.6) is 0 Å². The van der Waals surface area contributed by atoms with Gasteiger partial charge in [0.1, 0.15) is 5.69 Å². The zero-order chi connectivity index (χ0) is 22.9. The Bertz CT molecular complexity index is 932. The topological polar surface area (TPSA) is 105 Å². The lowest BCUT2D eigenvalue weighted by Gasteiger charge is -2.24. The molecule has 2 aliphatic heterocycles. The lowest BCUT2D eigenvalue weighted by atomic mass is 10.2. The second kappa shape index (κ2) is 8.69. The molecule has 1 fully saturated rings. The number of amides is 3. The first-order valence-corrected chi connectivity index (χ1v) is 10.4. The first-order valence-electron chi connectivity index (χ1n) is 8.89. The minimum atomic E-state index is -5.02. The number of halogens is 5. The van der Waals surface area contributed by atoms with Crippen molar-refractivity contribution in [2.24, 2.45) is 5.73 Å². The van der Waals surface area contributed by atoms with E-state index in [1.54, 1.807) is 0 Å². The van der Waals surface area contributed by atoms with Gasteiger partial charge in [-0.25, -0.2) is 13.6 Å². The SMILES string of the molecule is NC(=O)[C@H]1CN(c2cc(F)c(N3CC=S(NC(=O)C(F)(F)F)CCC3)c(F)c2)C(=O)O1. The lowest BCUT2D eigenvalue weighted by Crippen LogP contribution is -2.34. The molecular formula is C17H17F5N4O4S. The number of benzene rings is 1. The maximum atomic E-state index is 14.7. The number of alkyl halides is 3. The molecule has 2 atom stereocenters. The van der Waals surface area contributed by atoms with E-state index >= 15 is 0 Å². The van der Waals surface area contributed by atoms with Crippen molar-refractivity contribution in [2.45, 2.75) is 18.7 Å². The number of nitrogens with one attached hydrogen (secondary N) is 1. The predicted octanol–water partition coefficient (Wildman–Crippen LogP) is 1.65. The quantitative estimate of drug-likeness (QED) is 0.517. The van der Waals surface area contributed by atoms with E-state index in [-0.39, 0.29) is 37.5 Å². The van der Waals surface area contributed by atoms with Gasteiger partial charge < -0.3 is 15.4 Å². The summed E-state index contributed by atoms with van der Waals surface area (Å²) in [5.41, 5.74) is 4.47. The van der Waals surface area contributed by atoms with E-state index in [2.05, 4.69) is 0 Å². The molecule has 0 bridgehead atoms. The molecule has 170 valence electrons. The first-order chi connectivity index (χ1) is 14.5. The molecular weight excluding hydrogens is 451 g/mol. The van der Waals surface area contributed by atoms with Gasteiger partial charge in [-0.1, -0.05) is 10.7 Å². The molecule has 1 aromatic rings. The molecule has 0 aliphatic carbocycles. The van der Waals surface area contributed by atoms with Crippen molar-refractivity contribution in [3.05, 3.63) is 23.8 Å². The first kappa shape index (κ1) is 22.8. The molecule has 31 heavy (non-hydrogen) atoms. The fourth-order valence-corrected chi connectivity index (χ4v) is 4.58. The molecule has 0 radical (unpaired) electrons. The fourth-order valence-electron chi connectivity index (χ4n) is 3.07. The largest absolute Gasteiger partial charge is 0.472 e. The number of hydrogen-bond donors (Lipinski definition) is 2. The van der Waals surface area contributed by atoms with Crippen molar-refractivity contribution < 1.29 is 41.1 Å². The van der Waals surface area contributed by atoms with Gasteiger partial charge in [-0.15, -0.1) is 0 Å². The zero-order valence-corrected chi connectivity index (χ0v) is 16.6. The molecule has 3 amide bonds. The summed E-state index contributed by atoms with van der Waals surface area (Å²) in [6, 6.07) is 1.78. The van der Waals surface area contributed by atoms with Crippen molar-refractivity contribution in [1.82, 2.24) is 4.72 Å². The van der Waals surface area contributed by atoms with Crippen molar-refractivity contribution in [3.63, 3.8) is 0 Å². The smallest absolute Gasteiger partial charge is 0.434 e. The summed E-state index contributed by atoms with van der Waals surface area (Å²) in [4.78, 5) is 36.3. The summed E-state index contributed by atoms with van der Waals surface area (Å²) >= 11 is 0. The van der Waals surface area contributed by atoms with Crippen LogP contribution in [0.1, 0.15) is 6.42 Å². The Kier molecular flexibility index (Phi) is 6.38. The van der Waals surface area contributed by atoms with E-state index in [1.807, 2.05) is 4.72 Å².